The second kappa shape index (κ2) is 10.4. The van der Waals surface area contributed by atoms with Crippen LogP contribution in [0.25, 0.3) is 0 Å². The predicted molar refractivity (Wildman–Crippen MR) is 125 cm³/mol. The third-order valence-electron chi connectivity index (χ3n) is 6.74. The molecule has 1 saturated carbocycles. The lowest BCUT2D eigenvalue weighted by atomic mass is 9.76. The van der Waals surface area contributed by atoms with Gasteiger partial charge >= 0.3 is 6.03 Å². The van der Waals surface area contributed by atoms with E-state index in [4.69, 9.17) is 0 Å². The Hall–Kier alpha value is -2.45. The molecule has 2 aromatic rings. The van der Waals surface area contributed by atoms with Crippen molar-refractivity contribution < 1.29 is 13.2 Å². The van der Waals surface area contributed by atoms with Gasteiger partial charge in [-0.15, -0.1) is 0 Å². The summed E-state index contributed by atoms with van der Waals surface area (Å²) < 4.78 is 27.8. The minimum atomic E-state index is -3.51. The Morgan fingerprint density at radius 2 is 1.66 bits per heavy atom. The normalized spacial score (nSPS) is 18.9. The third kappa shape index (κ3) is 5.66. The van der Waals surface area contributed by atoms with Crippen LogP contribution in [0, 0.1) is 11.8 Å². The maximum absolute atomic E-state index is 13.1. The Bertz CT molecular complexity index is 982. The number of sulfonamides is 1. The number of pyridine rings is 1. The van der Waals surface area contributed by atoms with Crippen molar-refractivity contribution in [2.75, 3.05) is 18.4 Å². The molecule has 0 radical (unpaired) electrons. The highest BCUT2D eigenvalue weighted by Crippen LogP contribution is 2.36. The van der Waals surface area contributed by atoms with Crippen LogP contribution in [0.3, 0.4) is 0 Å². The molecule has 8 heteroatoms. The number of nitrogens with zero attached hydrogens (tertiary/aromatic N) is 2. The monoisotopic (exact) mass is 456 g/mol. The maximum Gasteiger partial charge on any atom is 0.319 e. The van der Waals surface area contributed by atoms with Crippen molar-refractivity contribution in [3.05, 3.63) is 54.4 Å². The van der Waals surface area contributed by atoms with Crippen molar-refractivity contribution in [1.82, 2.24) is 14.6 Å². The molecule has 1 aliphatic carbocycles. The standard InChI is InChI=1S/C24H32N4O3S/c29-24(26-18-19-5-4-14-25-17-19)27-22-8-10-23(11-9-22)32(30,31)28-15-12-21(13-16-28)20-6-2-1-3-7-20/h4-5,8-11,14,17,20-21H,1-3,6-7,12-13,15-16,18H2,(H2,26,27,29). The highest BCUT2D eigenvalue weighted by Gasteiger charge is 2.32. The summed E-state index contributed by atoms with van der Waals surface area (Å²) in [6.07, 6.45) is 11.9. The lowest BCUT2D eigenvalue weighted by Gasteiger charge is -2.37. The first-order chi connectivity index (χ1) is 15.5. The number of carbonyl (C=O) groups excluding carboxylic acids is 1. The largest absolute Gasteiger partial charge is 0.334 e. The van der Waals surface area contributed by atoms with Crippen LogP contribution in [0.4, 0.5) is 10.5 Å². The van der Waals surface area contributed by atoms with Gasteiger partial charge in [-0.2, -0.15) is 4.31 Å². The van der Waals surface area contributed by atoms with Crippen LogP contribution in [0.1, 0.15) is 50.5 Å². The van der Waals surface area contributed by atoms with E-state index < -0.39 is 10.0 Å². The Labute approximate surface area is 190 Å². The Morgan fingerprint density at radius 3 is 2.31 bits per heavy atom. The van der Waals surface area contributed by atoms with Crippen molar-refractivity contribution in [2.24, 2.45) is 11.8 Å². The lowest BCUT2D eigenvalue weighted by Crippen LogP contribution is -2.40. The molecule has 2 N–H and O–H groups in total. The summed E-state index contributed by atoms with van der Waals surface area (Å²) in [7, 11) is -3.51. The zero-order chi connectivity index (χ0) is 22.4. The summed E-state index contributed by atoms with van der Waals surface area (Å²) in [6, 6.07) is 9.74. The number of piperidine rings is 1. The number of hydrogen-bond acceptors (Lipinski definition) is 4. The number of nitrogens with one attached hydrogen (secondary N) is 2. The number of urea groups is 1. The average molecular weight is 457 g/mol. The number of aromatic nitrogens is 1. The Kier molecular flexibility index (Phi) is 7.42. The summed E-state index contributed by atoms with van der Waals surface area (Å²) in [4.78, 5) is 16.4. The fourth-order valence-electron chi connectivity index (χ4n) is 4.91. The molecule has 1 aromatic carbocycles. The second-order valence-electron chi connectivity index (χ2n) is 8.83. The van der Waals surface area contributed by atoms with E-state index in [-0.39, 0.29) is 10.9 Å². The summed E-state index contributed by atoms with van der Waals surface area (Å²) in [5.41, 5.74) is 1.44. The van der Waals surface area contributed by atoms with E-state index in [0.717, 1.165) is 24.3 Å². The molecular weight excluding hydrogens is 424 g/mol. The molecule has 7 nitrogen and oxygen atoms in total. The van der Waals surface area contributed by atoms with Crippen LogP contribution in [0.5, 0.6) is 0 Å². The summed E-state index contributed by atoms with van der Waals surface area (Å²) in [5.74, 6) is 1.45. The zero-order valence-electron chi connectivity index (χ0n) is 18.4. The number of amides is 2. The number of carbonyl (C=O) groups is 1. The minimum Gasteiger partial charge on any atom is -0.334 e. The van der Waals surface area contributed by atoms with Crippen molar-refractivity contribution in [3.63, 3.8) is 0 Å². The smallest absolute Gasteiger partial charge is 0.319 e. The van der Waals surface area contributed by atoms with Gasteiger partial charge in [-0.05, 0) is 60.6 Å². The highest BCUT2D eigenvalue weighted by atomic mass is 32.2. The fourth-order valence-corrected chi connectivity index (χ4v) is 6.38. The highest BCUT2D eigenvalue weighted by molar-refractivity contribution is 7.89. The topological polar surface area (TPSA) is 91.4 Å². The Balaban J connectivity index is 1.29. The summed E-state index contributed by atoms with van der Waals surface area (Å²) in [6.45, 7) is 1.56. The molecule has 172 valence electrons. The number of rotatable bonds is 6. The molecule has 0 bridgehead atoms. The van der Waals surface area contributed by atoms with Crippen LogP contribution in [0.2, 0.25) is 0 Å². The molecule has 2 aliphatic rings. The molecule has 4 rings (SSSR count). The van der Waals surface area contributed by atoms with Gasteiger partial charge in [-0.25, -0.2) is 13.2 Å². The molecule has 1 saturated heterocycles. The molecule has 0 atom stereocenters. The number of hydrogen-bond donors (Lipinski definition) is 2. The van der Waals surface area contributed by atoms with Gasteiger partial charge in [0.05, 0.1) is 4.90 Å². The molecule has 32 heavy (non-hydrogen) atoms. The number of benzene rings is 1. The molecule has 2 fully saturated rings. The lowest BCUT2D eigenvalue weighted by molar-refractivity contribution is 0.170. The molecule has 1 aromatic heterocycles. The first-order valence-electron chi connectivity index (χ1n) is 11.6. The van der Waals surface area contributed by atoms with E-state index >= 15 is 0 Å². The number of anilines is 1. The van der Waals surface area contributed by atoms with E-state index in [1.807, 2.05) is 12.1 Å². The van der Waals surface area contributed by atoms with Gasteiger partial charge in [0.1, 0.15) is 0 Å². The van der Waals surface area contributed by atoms with Crippen molar-refractivity contribution in [1.29, 1.82) is 0 Å². The van der Waals surface area contributed by atoms with E-state index in [1.54, 1.807) is 41.0 Å². The molecular formula is C24H32N4O3S. The van der Waals surface area contributed by atoms with Crippen LogP contribution in [-0.4, -0.2) is 36.8 Å². The van der Waals surface area contributed by atoms with Gasteiger partial charge in [0, 0.05) is 37.7 Å². The van der Waals surface area contributed by atoms with Gasteiger partial charge in [0.15, 0.2) is 0 Å². The van der Waals surface area contributed by atoms with E-state index in [2.05, 4.69) is 15.6 Å². The second-order valence-corrected chi connectivity index (χ2v) is 10.8. The van der Waals surface area contributed by atoms with Gasteiger partial charge in [0.25, 0.3) is 0 Å². The SMILES string of the molecule is O=C(NCc1cccnc1)Nc1ccc(S(=O)(=O)N2CCC(C3CCCCC3)CC2)cc1. The van der Waals surface area contributed by atoms with Crippen LogP contribution in [-0.2, 0) is 16.6 Å². The Morgan fingerprint density at radius 1 is 0.969 bits per heavy atom. The van der Waals surface area contributed by atoms with Gasteiger partial charge in [-0.1, -0.05) is 38.2 Å². The fraction of sp³-hybridized carbons (Fsp3) is 0.500. The van der Waals surface area contributed by atoms with E-state index in [1.165, 1.54) is 32.1 Å². The first kappa shape index (κ1) is 22.7. The van der Waals surface area contributed by atoms with Gasteiger partial charge in [-0.3, -0.25) is 4.98 Å². The summed E-state index contributed by atoms with van der Waals surface area (Å²) >= 11 is 0. The maximum atomic E-state index is 13.1. The quantitative estimate of drug-likeness (QED) is 0.675. The molecule has 0 unspecified atom stereocenters. The minimum absolute atomic E-state index is 0.273. The van der Waals surface area contributed by atoms with E-state index in [9.17, 15) is 13.2 Å². The predicted octanol–water partition coefficient (Wildman–Crippen LogP) is 4.38. The van der Waals surface area contributed by atoms with Crippen molar-refractivity contribution in [3.8, 4) is 0 Å². The molecule has 2 heterocycles. The van der Waals surface area contributed by atoms with Crippen LogP contribution in [0.15, 0.2) is 53.7 Å². The average Bonchev–Trinajstić information content (AvgIpc) is 2.84. The van der Waals surface area contributed by atoms with Gasteiger partial charge < -0.3 is 10.6 Å². The zero-order valence-corrected chi connectivity index (χ0v) is 19.2. The third-order valence-corrected chi connectivity index (χ3v) is 8.65. The molecule has 1 aliphatic heterocycles. The van der Waals surface area contributed by atoms with Crippen molar-refractivity contribution >= 4 is 21.7 Å². The van der Waals surface area contributed by atoms with Gasteiger partial charge in [0.2, 0.25) is 10.0 Å². The molecule has 0 spiro atoms. The van der Waals surface area contributed by atoms with Crippen LogP contribution >= 0.6 is 0 Å². The van der Waals surface area contributed by atoms with Crippen LogP contribution < -0.4 is 10.6 Å². The first-order valence-corrected chi connectivity index (χ1v) is 13.0. The molecule has 2 amide bonds. The summed E-state index contributed by atoms with van der Waals surface area (Å²) in [5, 5.41) is 5.49. The van der Waals surface area contributed by atoms with E-state index in [0.29, 0.717) is 31.2 Å². The van der Waals surface area contributed by atoms with Crippen molar-refractivity contribution in [2.45, 2.75) is 56.4 Å².